The number of carboxylic acids is 1. The molecular formula is C17H19N3O4S. The molecule has 0 radical (unpaired) electrons. The lowest BCUT2D eigenvalue weighted by molar-refractivity contribution is 0.0697. The van der Waals surface area contributed by atoms with Gasteiger partial charge in [-0.15, -0.1) is 0 Å². The first-order valence-corrected chi connectivity index (χ1v) is 8.82. The molecule has 0 spiro atoms. The van der Waals surface area contributed by atoms with Crippen LogP contribution in [-0.2, 0) is 10.0 Å². The number of nitrogens with one attached hydrogen (secondary N) is 1. The second-order valence-corrected chi connectivity index (χ2v) is 7.66. The molecule has 132 valence electrons. The van der Waals surface area contributed by atoms with Gasteiger partial charge in [0.25, 0.3) is 0 Å². The van der Waals surface area contributed by atoms with E-state index in [9.17, 15) is 13.2 Å². The standard InChI is InChI=1S/C17H19N3O4S/c1-12(18-19-15-8-4-14(5-9-15)17(21)22)13-6-10-16(11-7-13)25(23,24)20(2)3/h4-11,19H,1-3H3,(H,21,22). The van der Waals surface area contributed by atoms with Gasteiger partial charge in [0.2, 0.25) is 10.0 Å². The van der Waals surface area contributed by atoms with E-state index < -0.39 is 16.0 Å². The van der Waals surface area contributed by atoms with Crippen molar-refractivity contribution in [1.82, 2.24) is 4.31 Å². The Labute approximate surface area is 146 Å². The Morgan fingerprint density at radius 2 is 1.52 bits per heavy atom. The molecule has 2 rings (SSSR count). The monoisotopic (exact) mass is 361 g/mol. The van der Waals surface area contributed by atoms with Gasteiger partial charge in [-0.2, -0.15) is 5.10 Å². The van der Waals surface area contributed by atoms with Gasteiger partial charge < -0.3 is 5.11 Å². The number of sulfonamides is 1. The Hall–Kier alpha value is -2.71. The lowest BCUT2D eigenvalue weighted by Crippen LogP contribution is -2.22. The molecule has 0 aliphatic carbocycles. The summed E-state index contributed by atoms with van der Waals surface area (Å²) in [7, 11) is -0.493. The van der Waals surface area contributed by atoms with Crippen molar-refractivity contribution < 1.29 is 18.3 Å². The van der Waals surface area contributed by atoms with E-state index in [4.69, 9.17) is 5.11 Å². The number of hydrazone groups is 1. The maximum atomic E-state index is 12.0. The molecular weight excluding hydrogens is 342 g/mol. The highest BCUT2D eigenvalue weighted by Crippen LogP contribution is 2.15. The van der Waals surface area contributed by atoms with Gasteiger partial charge in [0, 0.05) is 14.1 Å². The van der Waals surface area contributed by atoms with Crippen LogP contribution in [-0.4, -0.2) is 43.6 Å². The second-order valence-electron chi connectivity index (χ2n) is 5.50. The summed E-state index contributed by atoms with van der Waals surface area (Å²) in [6, 6.07) is 12.6. The predicted octanol–water partition coefficient (Wildman–Crippen LogP) is 2.47. The second kappa shape index (κ2) is 7.45. The molecule has 0 bridgehead atoms. The third-order valence-corrected chi connectivity index (χ3v) is 5.36. The van der Waals surface area contributed by atoms with Crippen molar-refractivity contribution in [3.8, 4) is 0 Å². The number of carboxylic acid groups (broad SMARTS) is 1. The van der Waals surface area contributed by atoms with Crippen LogP contribution in [0, 0.1) is 0 Å². The molecule has 2 N–H and O–H groups in total. The summed E-state index contributed by atoms with van der Waals surface area (Å²) in [5.41, 5.74) is 5.12. The minimum atomic E-state index is -3.46. The first-order chi connectivity index (χ1) is 11.7. The summed E-state index contributed by atoms with van der Waals surface area (Å²) in [4.78, 5) is 11.0. The van der Waals surface area contributed by atoms with Crippen LogP contribution in [0.25, 0.3) is 0 Å². The summed E-state index contributed by atoms with van der Waals surface area (Å²) in [6.45, 7) is 1.79. The van der Waals surface area contributed by atoms with Crippen LogP contribution in [0.4, 0.5) is 5.69 Å². The van der Waals surface area contributed by atoms with E-state index in [0.29, 0.717) is 11.4 Å². The van der Waals surface area contributed by atoms with Gasteiger partial charge in [0.05, 0.1) is 21.9 Å². The first kappa shape index (κ1) is 18.6. The number of carbonyl (C=O) groups is 1. The average molecular weight is 361 g/mol. The zero-order valence-electron chi connectivity index (χ0n) is 14.1. The van der Waals surface area contributed by atoms with Gasteiger partial charge in [-0.1, -0.05) is 12.1 Å². The Morgan fingerprint density at radius 3 is 2.00 bits per heavy atom. The third kappa shape index (κ3) is 4.43. The van der Waals surface area contributed by atoms with Crippen LogP contribution in [0.5, 0.6) is 0 Å². The average Bonchev–Trinajstić information content (AvgIpc) is 2.60. The molecule has 8 heteroatoms. The number of rotatable bonds is 6. The SMILES string of the molecule is CC(=NNc1ccc(C(=O)O)cc1)c1ccc(S(=O)(=O)N(C)C)cc1. The normalized spacial score (nSPS) is 12.2. The molecule has 0 aliphatic heterocycles. The molecule has 0 saturated carbocycles. The zero-order chi connectivity index (χ0) is 18.6. The molecule has 2 aromatic rings. The molecule has 25 heavy (non-hydrogen) atoms. The Morgan fingerprint density at radius 1 is 1.00 bits per heavy atom. The molecule has 7 nitrogen and oxygen atoms in total. The lowest BCUT2D eigenvalue weighted by Gasteiger charge is -2.11. The molecule has 0 aromatic heterocycles. The number of nitrogens with zero attached hydrogens (tertiary/aromatic N) is 2. The quantitative estimate of drug-likeness (QED) is 0.608. The van der Waals surface area contributed by atoms with Crippen molar-refractivity contribution in [3.05, 3.63) is 59.7 Å². The van der Waals surface area contributed by atoms with E-state index >= 15 is 0 Å². The minimum Gasteiger partial charge on any atom is -0.478 e. The zero-order valence-corrected chi connectivity index (χ0v) is 14.9. The fourth-order valence-electron chi connectivity index (χ4n) is 1.98. The number of anilines is 1. The van der Waals surface area contributed by atoms with Crippen molar-refractivity contribution in [2.45, 2.75) is 11.8 Å². The maximum absolute atomic E-state index is 12.0. The van der Waals surface area contributed by atoms with Crippen molar-refractivity contribution in [1.29, 1.82) is 0 Å². The van der Waals surface area contributed by atoms with Gasteiger partial charge in [0.1, 0.15) is 0 Å². The molecule has 0 amide bonds. The maximum Gasteiger partial charge on any atom is 0.335 e. The Kier molecular flexibility index (Phi) is 5.55. The number of aromatic carboxylic acids is 1. The van der Waals surface area contributed by atoms with Crippen LogP contribution in [0.3, 0.4) is 0 Å². The molecule has 0 fully saturated rings. The topological polar surface area (TPSA) is 99.1 Å². The van der Waals surface area contributed by atoms with Crippen molar-refractivity contribution in [2.24, 2.45) is 5.10 Å². The predicted molar refractivity (Wildman–Crippen MR) is 96.5 cm³/mol. The van der Waals surface area contributed by atoms with E-state index in [2.05, 4.69) is 10.5 Å². The summed E-state index contributed by atoms with van der Waals surface area (Å²) in [5.74, 6) is -0.987. The third-order valence-electron chi connectivity index (χ3n) is 3.54. The molecule has 0 saturated heterocycles. The van der Waals surface area contributed by atoms with Crippen molar-refractivity contribution in [2.75, 3.05) is 19.5 Å². The number of hydrogen-bond donors (Lipinski definition) is 2. The molecule has 2 aromatic carbocycles. The molecule has 0 aliphatic rings. The fraction of sp³-hybridized carbons (Fsp3) is 0.176. The molecule has 0 heterocycles. The fourth-order valence-corrected chi connectivity index (χ4v) is 2.88. The van der Waals surface area contributed by atoms with Crippen LogP contribution in [0.2, 0.25) is 0 Å². The molecule has 0 atom stereocenters. The lowest BCUT2D eigenvalue weighted by atomic mass is 10.1. The van der Waals surface area contributed by atoms with E-state index in [1.54, 1.807) is 31.2 Å². The largest absolute Gasteiger partial charge is 0.478 e. The Bertz CT molecular complexity index is 886. The summed E-state index contributed by atoms with van der Waals surface area (Å²) >= 11 is 0. The van der Waals surface area contributed by atoms with Crippen LogP contribution < -0.4 is 5.43 Å². The van der Waals surface area contributed by atoms with Crippen molar-refractivity contribution >= 4 is 27.4 Å². The van der Waals surface area contributed by atoms with E-state index in [1.807, 2.05) is 0 Å². The van der Waals surface area contributed by atoms with Gasteiger partial charge in [-0.05, 0) is 48.9 Å². The van der Waals surface area contributed by atoms with Gasteiger partial charge in [-0.3, -0.25) is 5.43 Å². The van der Waals surface area contributed by atoms with Gasteiger partial charge in [-0.25, -0.2) is 17.5 Å². The smallest absolute Gasteiger partial charge is 0.335 e. The number of hydrogen-bond acceptors (Lipinski definition) is 5. The number of benzene rings is 2. The van der Waals surface area contributed by atoms with Gasteiger partial charge >= 0.3 is 5.97 Å². The highest BCUT2D eigenvalue weighted by molar-refractivity contribution is 7.89. The highest BCUT2D eigenvalue weighted by atomic mass is 32.2. The molecule has 0 unspecified atom stereocenters. The highest BCUT2D eigenvalue weighted by Gasteiger charge is 2.16. The van der Waals surface area contributed by atoms with Gasteiger partial charge in [0.15, 0.2) is 0 Å². The summed E-state index contributed by atoms with van der Waals surface area (Å²) in [6.07, 6.45) is 0. The van der Waals surface area contributed by atoms with Crippen LogP contribution in [0.15, 0.2) is 58.5 Å². The first-order valence-electron chi connectivity index (χ1n) is 7.38. The van der Waals surface area contributed by atoms with E-state index in [1.165, 1.54) is 38.4 Å². The minimum absolute atomic E-state index is 0.198. The van der Waals surface area contributed by atoms with Crippen LogP contribution >= 0.6 is 0 Å². The Balaban J connectivity index is 2.13. The van der Waals surface area contributed by atoms with Crippen LogP contribution in [0.1, 0.15) is 22.8 Å². The van der Waals surface area contributed by atoms with Crippen molar-refractivity contribution in [3.63, 3.8) is 0 Å². The summed E-state index contributed by atoms with van der Waals surface area (Å²) < 4.78 is 25.2. The summed E-state index contributed by atoms with van der Waals surface area (Å²) in [5, 5.41) is 13.1. The van der Waals surface area contributed by atoms with E-state index in [-0.39, 0.29) is 10.5 Å². The van der Waals surface area contributed by atoms with E-state index in [0.717, 1.165) is 9.87 Å².